The molecule has 1 aromatic heterocycles. The molecule has 1 heterocycles. The lowest BCUT2D eigenvalue weighted by atomic mass is 9.92. The van der Waals surface area contributed by atoms with Gasteiger partial charge in [0.05, 0.1) is 26.3 Å². The molecule has 2 aromatic carbocycles. The van der Waals surface area contributed by atoms with Gasteiger partial charge in [-0.3, -0.25) is 4.90 Å². The van der Waals surface area contributed by atoms with Crippen molar-refractivity contribution in [1.82, 2.24) is 19.7 Å². The van der Waals surface area contributed by atoms with Gasteiger partial charge in [0.25, 0.3) is 0 Å². The highest BCUT2D eigenvalue weighted by atomic mass is 19.1. The van der Waals surface area contributed by atoms with Gasteiger partial charge >= 0.3 is 0 Å². The lowest BCUT2D eigenvalue weighted by Crippen LogP contribution is -2.44. The molecule has 1 unspecified atom stereocenters. The van der Waals surface area contributed by atoms with Crippen LogP contribution in [-0.2, 0) is 18.7 Å². The van der Waals surface area contributed by atoms with E-state index in [1.807, 2.05) is 12.1 Å². The maximum Gasteiger partial charge on any atom is 0.137 e. The van der Waals surface area contributed by atoms with E-state index in [1.165, 1.54) is 23.4 Å². The number of methoxy groups -OCH3 is 1. The third kappa shape index (κ3) is 5.17. The molecule has 1 N–H and O–H groups in total. The molecule has 9 heteroatoms. The second kappa shape index (κ2) is 9.43. The lowest BCUT2D eigenvalue weighted by molar-refractivity contribution is -0.0206. The fraction of sp³-hybridized carbons (Fsp3) is 0.286. The largest absolute Gasteiger partial charge is 0.497 e. The fourth-order valence-corrected chi connectivity index (χ4v) is 3.30. The summed E-state index contributed by atoms with van der Waals surface area (Å²) < 4.78 is 34.5. The summed E-state index contributed by atoms with van der Waals surface area (Å²) in [7, 11) is 1.57. The standard InChI is InChI=1S/C21H21F2N5O2/c1-30-18-5-2-16(3-6-18)11-27(9-8-24)12-21(29,13-28-15-25-14-26-28)19-7-4-17(22)10-20(19)23/h2-7,10,14-15,29H,9,11-13H2,1H3. The number of aliphatic hydroxyl groups is 1. The second-order valence-electron chi connectivity index (χ2n) is 6.90. The Bertz CT molecular complexity index is 1010. The molecule has 0 aliphatic carbocycles. The third-order valence-corrected chi connectivity index (χ3v) is 4.67. The summed E-state index contributed by atoms with van der Waals surface area (Å²) in [5.41, 5.74) is -0.986. The Morgan fingerprint density at radius 1 is 1.23 bits per heavy atom. The molecular formula is C21H21F2N5O2. The Kier molecular flexibility index (Phi) is 6.72. The molecule has 0 aliphatic rings. The summed E-state index contributed by atoms with van der Waals surface area (Å²) in [5.74, 6) is -0.924. The smallest absolute Gasteiger partial charge is 0.137 e. The van der Waals surface area contributed by atoms with Crippen molar-refractivity contribution in [2.75, 3.05) is 20.2 Å². The number of hydrogen-bond acceptors (Lipinski definition) is 6. The maximum atomic E-state index is 14.6. The molecule has 30 heavy (non-hydrogen) atoms. The summed E-state index contributed by atoms with van der Waals surface area (Å²) in [6.07, 6.45) is 2.69. The van der Waals surface area contributed by atoms with E-state index in [9.17, 15) is 19.1 Å². The van der Waals surface area contributed by atoms with Gasteiger partial charge < -0.3 is 9.84 Å². The predicted molar refractivity (Wildman–Crippen MR) is 104 cm³/mol. The van der Waals surface area contributed by atoms with E-state index in [1.54, 1.807) is 24.1 Å². The minimum absolute atomic E-state index is 0.00545. The van der Waals surface area contributed by atoms with Gasteiger partial charge in [-0.1, -0.05) is 18.2 Å². The van der Waals surface area contributed by atoms with Crippen LogP contribution < -0.4 is 4.74 Å². The Hall–Kier alpha value is -3.35. The van der Waals surface area contributed by atoms with E-state index in [4.69, 9.17) is 4.74 Å². The molecule has 0 amide bonds. The first-order valence-corrected chi connectivity index (χ1v) is 9.16. The highest BCUT2D eigenvalue weighted by Crippen LogP contribution is 2.28. The molecule has 0 saturated heterocycles. The van der Waals surface area contributed by atoms with Crippen LogP contribution in [-0.4, -0.2) is 45.0 Å². The molecule has 0 aliphatic heterocycles. The van der Waals surface area contributed by atoms with Gasteiger partial charge in [-0.15, -0.1) is 0 Å². The van der Waals surface area contributed by atoms with Crippen molar-refractivity contribution in [3.63, 3.8) is 0 Å². The Labute approximate surface area is 172 Å². The quantitative estimate of drug-likeness (QED) is 0.543. The Balaban J connectivity index is 1.91. The molecule has 0 spiro atoms. The minimum atomic E-state index is -1.78. The minimum Gasteiger partial charge on any atom is -0.497 e. The number of nitrogens with zero attached hydrogens (tertiary/aromatic N) is 5. The lowest BCUT2D eigenvalue weighted by Gasteiger charge is -2.34. The van der Waals surface area contributed by atoms with E-state index in [0.717, 1.165) is 17.7 Å². The third-order valence-electron chi connectivity index (χ3n) is 4.67. The number of nitriles is 1. The van der Waals surface area contributed by atoms with Crippen molar-refractivity contribution in [2.45, 2.75) is 18.7 Å². The molecule has 3 aromatic rings. The van der Waals surface area contributed by atoms with Gasteiger partial charge in [-0.05, 0) is 23.8 Å². The predicted octanol–water partition coefficient (Wildman–Crippen LogP) is 2.48. The van der Waals surface area contributed by atoms with E-state index in [0.29, 0.717) is 12.3 Å². The number of halogens is 2. The van der Waals surface area contributed by atoms with Crippen molar-refractivity contribution in [3.05, 3.63) is 77.9 Å². The molecule has 0 saturated carbocycles. The molecule has 0 radical (unpaired) electrons. The van der Waals surface area contributed by atoms with Crippen molar-refractivity contribution in [3.8, 4) is 11.8 Å². The van der Waals surface area contributed by atoms with Crippen LogP contribution in [0.4, 0.5) is 8.78 Å². The van der Waals surface area contributed by atoms with E-state index < -0.39 is 17.2 Å². The maximum absolute atomic E-state index is 14.6. The summed E-state index contributed by atoms with van der Waals surface area (Å²) in [5, 5.41) is 24.7. The summed E-state index contributed by atoms with van der Waals surface area (Å²) in [6.45, 7) is 0.115. The molecule has 156 valence electrons. The number of hydrogen-bond donors (Lipinski definition) is 1. The van der Waals surface area contributed by atoms with E-state index in [-0.39, 0.29) is 25.2 Å². The van der Waals surface area contributed by atoms with Crippen molar-refractivity contribution >= 4 is 0 Å². The van der Waals surface area contributed by atoms with Gasteiger partial charge in [0, 0.05) is 24.7 Å². The van der Waals surface area contributed by atoms with Gasteiger partial charge in [-0.2, -0.15) is 10.4 Å². The van der Waals surface area contributed by atoms with Crippen LogP contribution in [0.1, 0.15) is 11.1 Å². The van der Waals surface area contributed by atoms with Gasteiger partial charge in [0.15, 0.2) is 0 Å². The normalized spacial score (nSPS) is 13.1. The molecule has 3 rings (SSSR count). The molecule has 1 atom stereocenters. The van der Waals surface area contributed by atoms with Crippen molar-refractivity contribution in [1.29, 1.82) is 5.26 Å². The number of benzene rings is 2. The van der Waals surface area contributed by atoms with Crippen LogP contribution in [0.25, 0.3) is 0 Å². The highest BCUT2D eigenvalue weighted by Gasteiger charge is 2.35. The van der Waals surface area contributed by atoms with E-state index >= 15 is 0 Å². The molecule has 0 fully saturated rings. The average molecular weight is 413 g/mol. The Morgan fingerprint density at radius 2 is 2.00 bits per heavy atom. The van der Waals surface area contributed by atoms with Crippen LogP contribution >= 0.6 is 0 Å². The zero-order valence-corrected chi connectivity index (χ0v) is 16.4. The molecule has 0 bridgehead atoms. The fourth-order valence-electron chi connectivity index (χ4n) is 3.30. The molecule has 7 nitrogen and oxygen atoms in total. The second-order valence-corrected chi connectivity index (χ2v) is 6.90. The number of ether oxygens (including phenoxy) is 1. The van der Waals surface area contributed by atoms with Crippen LogP contribution in [0.5, 0.6) is 5.75 Å². The van der Waals surface area contributed by atoms with Crippen LogP contribution in [0.15, 0.2) is 55.1 Å². The zero-order valence-electron chi connectivity index (χ0n) is 16.4. The van der Waals surface area contributed by atoms with E-state index in [2.05, 4.69) is 16.2 Å². The van der Waals surface area contributed by atoms with Crippen molar-refractivity contribution in [2.24, 2.45) is 0 Å². The first-order valence-electron chi connectivity index (χ1n) is 9.16. The average Bonchev–Trinajstić information content (AvgIpc) is 3.21. The summed E-state index contributed by atoms with van der Waals surface area (Å²) in [6, 6.07) is 12.4. The highest BCUT2D eigenvalue weighted by molar-refractivity contribution is 5.28. The van der Waals surface area contributed by atoms with Crippen LogP contribution in [0.3, 0.4) is 0 Å². The molecular weight excluding hydrogens is 392 g/mol. The monoisotopic (exact) mass is 413 g/mol. The first-order chi connectivity index (χ1) is 14.4. The van der Waals surface area contributed by atoms with Gasteiger partial charge in [-0.25, -0.2) is 18.4 Å². The van der Waals surface area contributed by atoms with Crippen LogP contribution in [0, 0.1) is 23.0 Å². The number of aromatic nitrogens is 3. The SMILES string of the molecule is COc1ccc(CN(CC#N)CC(O)(Cn2cncn2)c2ccc(F)cc2F)cc1. The zero-order chi connectivity index (χ0) is 21.6. The van der Waals surface area contributed by atoms with Gasteiger partial charge in [0.2, 0.25) is 0 Å². The van der Waals surface area contributed by atoms with Gasteiger partial charge in [0.1, 0.15) is 35.6 Å². The summed E-state index contributed by atoms with van der Waals surface area (Å²) >= 11 is 0. The van der Waals surface area contributed by atoms with Crippen molar-refractivity contribution < 1.29 is 18.6 Å². The first kappa shape index (κ1) is 21.4. The topological polar surface area (TPSA) is 87.2 Å². The number of rotatable bonds is 9. The Morgan fingerprint density at radius 3 is 2.60 bits per heavy atom. The van der Waals surface area contributed by atoms with Crippen LogP contribution in [0.2, 0.25) is 0 Å². The summed E-state index contributed by atoms with van der Waals surface area (Å²) in [4.78, 5) is 5.53.